The Kier molecular flexibility index (Phi) is 4.73. The molecule has 1 rings (SSSR count). The summed E-state index contributed by atoms with van der Waals surface area (Å²) in [6, 6.07) is -1.38. The van der Waals surface area contributed by atoms with Gasteiger partial charge in [0.25, 0.3) is 0 Å². The summed E-state index contributed by atoms with van der Waals surface area (Å²) >= 11 is 0. The second kappa shape index (κ2) is 5.84. The van der Waals surface area contributed by atoms with E-state index in [1.54, 1.807) is 0 Å². The number of carbonyl (C=O) groups is 2. The molecule has 3 N–H and O–H groups in total. The van der Waals surface area contributed by atoms with Crippen LogP contribution in [0.15, 0.2) is 0 Å². The summed E-state index contributed by atoms with van der Waals surface area (Å²) in [6.45, 7) is 2.13. The van der Waals surface area contributed by atoms with Crippen molar-refractivity contribution in [3.8, 4) is 0 Å². The maximum Gasteiger partial charge on any atom is 0.332 e. The van der Waals surface area contributed by atoms with Crippen molar-refractivity contribution in [3.05, 3.63) is 0 Å². The minimum atomic E-state index is -1.46. The van der Waals surface area contributed by atoms with Gasteiger partial charge in [-0.05, 0) is 18.8 Å². The molecule has 1 fully saturated rings. The maximum absolute atomic E-state index is 10.6. The van der Waals surface area contributed by atoms with Gasteiger partial charge < -0.3 is 10.2 Å². The van der Waals surface area contributed by atoms with Crippen molar-refractivity contribution in [2.75, 3.05) is 0 Å². The molecule has 1 saturated carbocycles. The van der Waals surface area contributed by atoms with E-state index in [0.717, 1.165) is 25.7 Å². The van der Waals surface area contributed by atoms with Crippen LogP contribution in [0.4, 0.5) is 0 Å². The number of hydrogen-bond donors (Lipinski definition) is 3. The van der Waals surface area contributed by atoms with Gasteiger partial charge in [-0.3, -0.25) is 5.32 Å². The zero-order valence-electron chi connectivity index (χ0n) is 9.48. The number of carboxylic acids is 2. The second-order valence-electron chi connectivity index (χ2n) is 4.37. The van der Waals surface area contributed by atoms with Crippen LogP contribution in [0.1, 0.15) is 39.0 Å². The van der Waals surface area contributed by atoms with Crippen LogP contribution in [0.5, 0.6) is 0 Å². The van der Waals surface area contributed by atoms with Gasteiger partial charge in [-0.25, -0.2) is 9.59 Å². The lowest BCUT2D eigenvalue weighted by molar-refractivity contribution is -0.151. The third-order valence-corrected chi connectivity index (χ3v) is 2.98. The third kappa shape index (κ3) is 3.81. The van der Waals surface area contributed by atoms with E-state index in [2.05, 4.69) is 12.2 Å². The Labute approximate surface area is 94.8 Å². The fourth-order valence-corrected chi connectivity index (χ4v) is 1.89. The van der Waals surface area contributed by atoms with Crippen LogP contribution in [-0.2, 0) is 9.59 Å². The Morgan fingerprint density at radius 3 is 2.44 bits per heavy atom. The predicted molar refractivity (Wildman–Crippen MR) is 58.2 cm³/mol. The van der Waals surface area contributed by atoms with Crippen LogP contribution >= 0.6 is 0 Å². The molecule has 2 atom stereocenters. The van der Waals surface area contributed by atoms with Gasteiger partial charge in [-0.2, -0.15) is 0 Å². The number of nitrogens with one attached hydrogen (secondary N) is 1. The SMILES string of the molecule is CCCCCC1CC1NC(C(=O)O)C(=O)O. The van der Waals surface area contributed by atoms with Gasteiger partial charge in [0, 0.05) is 6.04 Å². The third-order valence-electron chi connectivity index (χ3n) is 2.98. The van der Waals surface area contributed by atoms with Crippen molar-refractivity contribution in [3.63, 3.8) is 0 Å². The molecule has 2 unspecified atom stereocenters. The van der Waals surface area contributed by atoms with E-state index in [-0.39, 0.29) is 6.04 Å². The first kappa shape index (κ1) is 13.0. The molecular formula is C11H19NO4. The summed E-state index contributed by atoms with van der Waals surface area (Å²) in [6.07, 6.45) is 5.46. The zero-order valence-corrected chi connectivity index (χ0v) is 9.48. The van der Waals surface area contributed by atoms with Crippen molar-refractivity contribution in [2.45, 2.75) is 51.1 Å². The van der Waals surface area contributed by atoms with E-state index in [4.69, 9.17) is 10.2 Å². The summed E-state index contributed by atoms with van der Waals surface area (Å²) in [5.74, 6) is -2.16. The van der Waals surface area contributed by atoms with E-state index in [1.165, 1.54) is 6.42 Å². The van der Waals surface area contributed by atoms with E-state index < -0.39 is 18.0 Å². The van der Waals surface area contributed by atoms with Crippen molar-refractivity contribution in [1.82, 2.24) is 5.32 Å². The van der Waals surface area contributed by atoms with Gasteiger partial charge in [0.1, 0.15) is 0 Å². The average Bonchev–Trinajstić information content (AvgIpc) is 2.92. The molecule has 5 nitrogen and oxygen atoms in total. The van der Waals surface area contributed by atoms with Gasteiger partial charge in [0.15, 0.2) is 0 Å². The molecule has 0 spiro atoms. The molecule has 0 saturated heterocycles. The molecule has 5 heteroatoms. The number of hydrogen-bond acceptors (Lipinski definition) is 3. The lowest BCUT2D eigenvalue weighted by Crippen LogP contribution is -2.44. The summed E-state index contributed by atoms with van der Waals surface area (Å²) in [7, 11) is 0. The number of aliphatic carboxylic acids is 2. The molecule has 0 heterocycles. The van der Waals surface area contributed by atoms with Gasteiger partial charge in [0.2, 0.25) is 6.04 Å². The summed E-state index contributed by atoms with van der Waals surface area (Å²) in [5, 5.41) is 20.0. The van der Waals surface area contributed by atoms with Gasteiger partial charge in [-0.15, -0.1) is 0 Å². The van der Waals surface area contributed by atoms with Crippen LogP contribution in [-0.4, -0.2) is 34.2 Å². The minimum absolute atomic E-state index is 0.0778. The lowest BCUT2D eigenvalue weighted by Gasteiger charge is -2.09. The Balaban J connectivity index is 2.24. The summed E-state index contributed by atoms with van der Waals surface area (Å²) in [4.78, 5) is 21.3. The zero-order chi connectivity index (χ0) is 12.1. The number of rotatable bonds is 8. The van der Waals surface area contributed by atoms with Gasteiger partial charge >= 0.3 is 11.9 Å². The highest BCUT2D eigenvalue weighted by Gasteiger charge is 2.40. The highest BCUT2D eigenvalue weighted by molar-refractivity contribution is 5.97. The molecule has 0 aliphatic heterocycles. The topological polar surface area (TPSA) is 86.6 Å². The fourth-order valence-electron chi connectivity index (χ4n) is 1.89. The van der Waals surface area contributed by atoms with E-state index in [1.807, 2.05) is 0 Å². The van der Waals surface area contributed by atoms with Crippen LogP contribution in [0.25, 0.3) is 0 Å². The van der Waals surface area contributed by atoms with Crippen molar-refractivity contribution >= 4 is 11.9 Å². The molecule has 16 heavy (non-hydrogen) atoms. The minimum Gasteiger partial charge on any atom is -0.480 e. The second-order valence-corrected chi connectivity index (χ2v) is 4.37. The molecule has 0 amide bonds. The Bertz CT molecular complexity index is 253. The number of carboxylic acid groups (broad SMARTS) is 2. The molecule has 0 bridgehead atoms. The molecule has 0 radical (unpaired) electrons. The molecule has 0 aromatic carbocycles. The monoisotopic (exact) mass is 229 g/mol. The Morgan fingerprint density at radius 2 is 1.94 bits per heavy atom. The molecule has 0 aromatic rings. The van der Waals surface area contributed by atoms with Crippen LogP contribution in [0.2, 0.25) is 0 Å². The van der Waals surface area contributed by atoms with Gasteiger partial charge in [-0.1, -0.05) is 26.2 Å². The Morgan fingerprint density at radius 1 is 1.31 bits per heavy atom. The van der Waals surface area contributed by atoms with Gasteiger partial charge in [0.05, 0.1) is 0 Å². The summed E-state index contributed by atoms with van der Waals surface area (Å²) < 4.78 is 0. The number of unbranched alkanes of at least 4 members (excludes halogenated alkanes) is 2. The molecule has 92 valence electrons. The lowest BCUT2D eigenvalue weighted by atomic mass is 10.1. The quantitative estimate of drug-likeness (QED) is 0.428. The smallest absolute Gasteiger partial charge is 0.332 e. The largest absolute Gasteiger partial charge is 0.480 e. The average molecular weight is 229 g/mol. The standard InChI is InChI=1S/C11H19NO4/c1-2-3-4-5-7-6-8(7)12-9(10(13)14)11(15)16/h7-9,12H,2-6H2,1H3,(H,13,14)(H,15,16). The highest BCUT2D eigenvalue weighted by Crippen LogP contribution is 2.35. The van der Waals surface area contributed by atoms with E-state index in [0.29, 0.717) is 5.92 Å². The Hall–Kier alpha value is -1.10. The molecule has 1 aliphatic rings. The van der Waals surface area contributed by atoms with E-state index >= 15 is 0 Å². The maximum atomic E-state index is 10.6. The summed E-state index contributed by atoms with van der Waals surface area (Å²) in [5.41, 5.74) is 0. The first-order chi connectivity index (χ1) is 7.56. The first-order valence-electron chi connectivity index (χ1n) is 5.78. The van der Waals surface area contributed by atoms with Crippen LogP contribution < -0.4 is 5.32 Å². The highest BCUT2D eigenvalue weighted by atomic mass is 16.4. The van der Waals surface area contributed by atoms with Crippen LogP contribution in [0.3, 0.4) is 0 Å². The normalized spacial score (nSPS) is 23.4. The van der Waals surface area contributed by atoms with E-state index in [9.17, 15) is 9.59 Å². The van der Waals surface area contributed by atoms with Crippen LogP contribution in [0, 0.1) is 5.92 Å². The first-order valence-corrected chi connectivity index (χ1v) is 5.78. The molecule has 1 aliphatic carbocycles. The molecular weight excluding hydrogens is 210 g/mol. The fraction of sp³-hybridized carbons (Fsp3) is 0.818. The van der Waals surface area contributed by atoms with Crippen molar-refractivity contribution in [1.29, 1.82) is 0 Å². The predicted octanol–water partition coefficient (Wildman–Crippen LogP) is 1.08. The molecule has 0 aromatic heterocycles. The van der Waals surface area contributed by atoms with Crippen molar-refractivity contribution in [2.24, 2.45) is 5.92 Å². The van der Waals surface area contributed by atoms with Crippen molar-refractivity contribution < 1.29 is 19.8 Å².